The molecule has 0 heterocycles. The molecule has 4 nitrogen and oxygen atoms in total. The zero-order chi connectivity index (χ0) is 14.8. The van der Waals surface area contributed by atoms with Gasteiger partial charge in [0.2, 0.25) is 0 Å². The van der Waals surface area contributed by atoms with Gasteiger partial charge in [-0.15, -0.1) is 0 Å². The van der Waals surface area contributed by atoms with E-state index in [9.17, 15) is 0 Å². The van der Waals surface area contributed by atoms with E-state index in [1.807, 2.05) is 66.7 Å². The van der Waals surface area contributed by atoms with Crippen molar-refractivity contribution in [3.05, 3.63) is 82.2 Å². The Kier molecular flexibility index (Phi) is 5.92. The fourth-order valence-corrected chi connectivity index (χ4v) is 1.81. The summed E-state index contributed by atoms with van der Waals surface area (Å²) in [6, 6.07) is 18.0. The molecule has 2 aromatic carbocycles. The molecule has 0 aliphatic carbocycles. The van der Waals surface area contributed by atoms with Crippen LogP contribution in [-0.2, 0) is 6.61 Å². The molecule has 0 saturated heterocycles. The van der Waals surface area contributed by atoms with Crippen molar-refractivity contribution >= 4 is 6.08 Å². The zero-order valence-electron chi connectivity index (χ0n) is 11.7. The Labute approximate surface area is 124 Å². The lowest BCUT2D eigenvalue weighted by atomic mass is 10.2. The Hall–Kier alpha value is -2.71. The smallest absolute Gasteiger partial charge is 0.119 e. The standard InChI is InChI=1S/C17H17N3O/c18-20-19-13-5-4-6-15-9-11-17(12-10-15)21-14-16-7-2-1-3-8-16/h1-4,6-12H,5,13-14H2. The molecule has 106 valence electrons. The van der Waals surface area contributed by atoms with Gasteiger partial charge in [-0.2, -0.15) is 0 Å². The summed E-state index contributed by atoms with van der Waals surface area (Å²) >= 11 is 0. The van der Waals surface area contributed by atoms with Crippen LogP contribution >= 0.6 is 0 Å². The third-order valence-corrected chi connectivity index (χ3v) is 2.90. The van der Waals surface area contributed by atoms with Crippen LogP contribution in [0.25, 0.3) is 16.5 Å². The summed E-state index contributed by atoms with van der Waals surface area (Å²) in [5, 5.41) is 3.48. The summed E-state index contributed by atoms with van der Waals surface area (Å²) in [7, 11) is 0. The quantitative estimate of drug-likeness (QED) is 0.305. The number of rotatable bonds is 7. The van der Waals surface area contributed by atoms with Crippen LogP contribution in [0.3, 0.4) is 0 Å². The molecular formula is C17H17N3O. The maximum absolute atomic E-state index is 8.17. The van der Waals surface area contributed by atoms with E-state index in [0.29, 0.717) is 13.2 Å². The van der Waals surface area contributed by atoms with Crippen LogP contribution in [0.4, 0.5) is 0 Å². The first-order valence-electron chi connectivity index (χ1n) is 6.82. The van der Waals surface area contributed by atoms with Crippen molar-refractivity contribution in [2.24, 2.45) is 5.11 Å². The van der Waals surface area contributed by atoms with Crippen molar-refractivity contribution in [1.82, 2.24) is 0 Å². The summed E-state index contributed by atoms with van der Waals surface area (Å²) in [5.74, 6) is 0.852. The Morgan fingerprint density at radius 1 is 1.05 bits per heavy atom. The summed E-state index contributed by atoms with van der Waals surface area (Å²) in [6.07, 6.45) is 4.75. The van der Waals surface area contributed by atoms with Gasteiger partial charge in [0.25, 0.3) is 0 Å². The van der Waals surface area contributed by atoms with E-state index in [0.717, 1.165) is 23.3 Å². The van der Waals surface area contributed by atoms with Crippen LogP contribution in [0.1, 0.15) is 17.5 Å². The molecule has 2 aromatic rings. The molecule has 2 rings (SSSR count). The van der Waals surface area contributed by atoms with Gasteiger partial charge in [0, 0.05) is 11.5 Å². The lowest BCUT2D eigenvalue weighted by Crippen LogP contribution is -1.94. The monoisotopic (exact) mass is 279 g/mol. The van der Waals surface area contributed by atoms with E-state index >= 15 is 0 Å². The van der Waals surface area contributed by atoms with Crippen molar-refractivity contribution in [2.45, 2.75) is 13.0 Å². The van der Waals surface area contributed by atoms with E-state index in [1.165, 1.54) is 0 Å². The van der Waals surface area contributed by atoms with Crippen LogP contribution in [0.2, 0.25) is 0 Å². The van der Waals surface area contributed by atoms with Crippen molar-refractivity contribution in [1.29, 1.82) is 0 Å². The maximum Gasteiger partial charge on any atom is 0.119 e. The minimum Gasteiger partial charge on any atom is -0.489 e. The second kappa shape index (κ2) is 8.46. The molecule has 21 heavy (non-hydrogen) atoms. The minimum absolute atomic E-state index is 0.491. The Morgan fingerprint density at radius 2 is 1.81 bits per heavy atom. The first kappa shape index (κ1) is 14.7. The van der Waals surface area contributed by atoms with Gasteiger partial charge in [0.15, 0.2) is 0 Å². The number of benzene rings is 2. The van der Waals surface area contributed by atoms with Crippen molar-refractivity contribution in [3.8, 4) is 5.75 Å². The maximum atomic E-state index is 8.17. The zero-order valence-corrected chi connectivity index (χ0v) is 11.7. The van der Waals surface area contributed by atoms with E-state index in [4.69, 9.17) is 10.3 Å². The number of ether oxygens (including phenoxy) is 1. The molecule has 0 aliphatic heterocycles. The average molecular weight is 279 g/mol. The molecule has 0 amide bonds. The second-order valence-electron chi connectivity index (χ2n) is 4.49. The van der Waals surface area contributed by atoms with Gasteiger partial charge < -0.3 is 4.74 Å². The van der Waals surface area contributed by atoms with Gasteiger partial charge in [0.05, 0.1) is 0 Å². The first-order valence-corrected chi connectivity index (χ1v) is 6.82. The molecule has 0 aromatic heterocycles. The lowest BCUT2D eigenvalue weighted by Gasteiger charge is -2.06. The van der Waals surface area contributed by atoms with E-state index < -0.39 is 0 Å². The molecule has 0 bridgehead atoms. The van der Waals surface area contributed by atoms with Crippen LogP contribution in [0.15, 0.2) is 65.8 Å². The fraction of sp³-hybridized carbons (Fsp3) is 0.176. The summed E-state index contributed by atoms with van der Waals surface area (Å²) in [4.78, 5) is 2.71. The SMILES string of the molecule is [N-]=[N+]=NCCC=Cc1ccc(OCc2ccccc2)cc1. The Balaban J connectivity index is 1.83. The molecule has 0 fully saturated rings. The van der Waals surface area contributed by atoms with Crippen LogP contribution in [-0.4, -0.2) is 6.54 Å². The van der Waals surface area contributed by atoms with Crippen molar-refractivity contribution < 1.29 is 4.74 Å². The topological polar surface area (TPSA) is 58.0 Å². The molecule has 0 atom stereocenters. The lowest BCUT2D eigenvalue weighted by molar-refractivity contribution is 0.306. The van der Waals surface area contributed by atoms with Gasteiger partial charge in [-0.25, -0.2) is 0 Å². The van der Waals surface area contributed by atoms with E-state index in [-0.39, 0.29) is 0 Å². The van der Waals surface area contributed by atoms with Crippen LogP contribution in [0, 0.1) is 0 Å². The van der Waals surface area contributed by atoms with Gasteiger partial charge in [-0.1, -0.05) is 59.7 Å². The summed E-state index contributed by atoms with van der Waals surface area (Å²) < 4.78 is 5.73. The van der Waals surface area contributed by atoms with Gasteiger partial charge >= 0.3 is 0 Å². The van der Waals surface area contributed by atoms with Crippen LogP contribution in [0.5, 0.6) is 5.75 Å². The Morgan fingerprint density at radius 3 is 2.52 bits per heavy atom. The third kappa shape index (κ3) is 5.43. The normalized spacial score (nSPS) is 10.3. The highest BCUT2D eigenvalue weighted by atomic mass is 16.5. The number of hydrogen-bond acceptors (Lipinski definition) is 2. The predicted molar refractivity (Wildman–Crippen MR) is 84.9 cm³/mol. The van der Waals surface area contributed by atoms with Gasteiger partial charge in [-0.05, 0) is 35.2 Å². The number of nitrogens with zero attached hydrogens (tertiary/aromatic N) is 3. The molecular weight excluding hydrogens is 262 g/mol. The van der Waals surface area contributed by atoms with Crippen molar-refractivity contribution in [2.75, 3.05) is 6.54 Å². The molecule has 0 unspecified atom stereocenters. The average Bonchev–Trinajstić information content (AvgIpc) is 2.55. The fourth-order valence-electron chi connectivity index (χ4n) is 1.81. The van der Waals surface area contributed by atoms with Crippen LogP contribution < -0.4 is 4.74 Å². The molecule has 0 N–H and O–H groups in total. The van der Waals surface area contributed by atoms with Gasteiger partial charge in [0.1, 0.15) is 12.4 Å². The number of hydrogen-bond donors (Lipinski definition) is 0. The highest BCUT2D eigenvalue weighted by molar-refractivity contribution is 5.50. The molecule has 4 heteroatoms. The predicted octanol–water partition coefficient (Wildman–Crippen LogP) is 4.98. The highest BCUT2D eigenvalue weighted by Crippen LogP contribution is 2.15. The third-order valence-electron chi connectivity index (χ3n) is 2.90. The molecule has 0 saturated carbocycles. The second-order valence-corrected chi connectivity index (χ2v) is 4.49. The summed E-state index contributed by atoms with van der Waals surface area (Å²) in [6.45, 7) is 1.06. The number of azide groups is 1. The molecule has 0 radical (unpaired) electrons. The first-order chi connectivity index (χ1) is 10.4. The van der Waals surface area contributed by atoms with Crippen molar-refractivity contribution in [3.63, 3.8) is 0 Å². The largest absolute Gasteiger partial charge is 0.489 e. The Bertz CT molecular complexity index is 614. The summed E-state index contributed by atoms with van der Waals surface area (Å²) in [5.41, 5.74) is 10.4. The molecule has 0 spiro atoms. The van der Waals surface area contributed by atoms with E-state index in [2.05, 4.69) is 10.0 Å². The van der Waals surface area contributed by atoms with E-state index in [1.54, 1.807) is 0 Å². The molecule has 0 aliphatic rings. The highest BCUT2D eigenvalue weighted by Gasteiger charge is 1.95. The minimum atomic E-state index is 0.491. The van der Waals surface area contributed by atoms with Gasteiger partial charge in [-0.3, -0.25) is 0 Å².